The Morgan fingerprint density at radius 3 is 2.70 bits per heavy atom. The molecule has 3 aliphatic rings. The van der Waals surface area contributed by atoms with Crippen LogP contribution < -0.4 is 15.8 Å². The second kappa shape index (κ2) is 10.1. The second-order valence-electron chi connectivity index (χ2n) is 8.32. The molecule has 5 heterocycles. The molecule has 2 atom stereocenters. The van der Waals surface area contributed by atoms with Gasteiger partial charge >= 0.3 is 0 Å². The number of pyridine rings is 1. The van der Waals surface area contributed by atoms with E-state index in [1.807, 2.05) is 6.07 Å². The van der Waals surface area contributed by atoms with Crippen molar-refractivity contribution in [1.29, 1.82) is 0 Å². The van der Waals surface area contributed by atoms with Crippen LogP contribution in [0.25, 0.3) is 0 Å². The molecule has 2 bridgehead atoms. The van der Waals surface area contributed by atoms with Crippen molar-refractivity contribution in [1.82, 2.24) is 24.8 Å². The maximum absolute atomic E-state index is 13.2. The first-order valence-electron chi connectivity index (χ1n) is 10.5. The van der Waals surface area contributed by atoms with E-state index in [2.05, 4.69) is 41.8 Å². The van der Waals surface area contributed by atoms with Crippen LogP contribution in [0.3, 0.4) is 0 Å². The molecule has 164 valence electrons. The SMILES string of the molecule is Cl.Cl.O=c1c(CN2CCCN(c3ncccn3)CC2)ccc2n1C[C@@H]1CNC[C@H]2C1. The average Bonchev–Trinajstić information content (AvgIpc) is 2.97. The third-order valence-corrected chi connectivity index (χ3v) is 6.40. The van der Waals surface area contributed by atoms with Crippen molar-refractivity contribution in [3.8, 4) is 0 Å². The zero-order valence-corrected chi connectivity index (χ0v) is 18.7. The molecule has 2 fully saturated rings. The van der Waals surface area contributed by atoms with Crippen LogP contribution in [0.2, 0.25) is 0 Å². The van der Waals surface area contributed by atoms with Crippen LogP contribution in [0.4, 0.5) is 5.95 Å². The lowest BCUT2D eigenvalue weighted by molar-refractivity contribution is 0.252. The van der Waals surface area contributed by atoms with Crippen molar-refractivity contribution < 1.29 is 0 Å². The Bertz CT molecular complexity index is 893. The Labute approximate surface area is 189 Å². The molecule has 9 heteroatoms. The van der Waals surface area contributed by atoms with Crippen molar-refractivity contribution in [2.45, 2.75) is 31.8 Å². The van der Waals surface area contributed by atoms with Gasteiger partial charge in [0.1, 0.15) is 0 Å². The molecule has 0 aliphatic carbocycles. The highest BCUT2D eigenvalue weighted by atomic mass is 35.5. The standard InChI is InChI=1S/C21H28N6O.2ClH/c28-20-17(3-4-19-18-11-16(12-22-13-18)14-27(19)20)15-25-7-2-8-26(10-9-25)21-23-5-1-6-24-21;;/h1,3-6,16,18,22H,2,7-15H2;2*1H/t16-,18+;;/m0../s1. The number of piperidine rings is 1. The summed E-state index contributed by atoms with van der Waals surface area (Å²) in [5, 5.41) is 3.51. The molecule has 2 aromatic heterocycles. The number of hydrogen-bond donors (Lipinski definition) is 1. The maximum Gasteiger partial charge on any atom is 0.255 e. The highest BCUT2D eigenvalue weighted by Crippen LogP contribution is 2.31. The normalized spacial score (nSPS) is 23.5. The monoisotopic (exact) mass is 452 g/mol. The molecule has 1 N–H and O–H groups in total. The minimum absolute atomic E-state index is 0. The summed E-state index contributed by atoms with van der Waals surface area (Å²) in [7, 11) is 0. The third-order valence-electron chi connectivity index (χ3n) is 6.40. The number of rotatable bonds is 3. The minimum atomic E-state index is 0. The molecule has 30 heavy (non-hydrogen) atoms. The predicted molar refractivity (Wildman–Crippen MR) is 123 cm³/mol. The lowest BCUT2D eigenvalue weighted by Crippen LogP contribution is -2.45. The maximum atomic E-state index is 13.2. The second-order valence-corrected chi connectivity index (χ2v) is 8.32. The number of nitrogens with one attached hydrogen (secondary N) is 1. The van der Waals surface area contributed by atoms with Gasteiger partial charge in [-0.1, -0.05) is 6.07 Å². The Kier molecular flexibility index (Phi) is 7.74. The highest BCUT2D eigenvalue weighted by molar-refractivity contribution is 5.85. The Hall–Kier alpha value is -1.67. The third kappa shape index (κ3) is 4.64. The van der Waals surface area contributed by atoms with E-state index in [0.717, 1.165) is 70.3 Å². The molecular weight excluding hydrogens is 423 g/mol. The molecule has 0 spiro atoms. The van der Waals surface area contributed by atoms with Gasteiger partial charge in [-0.25, -0.2) is 9.97 Å². The summed E-state index contributed by atoms with van der Waals surface area (Å²) in [5.74, 6) is 1.89. The number of fused-ring (bicyclic) bond motifs is 4. The lowest BCUT2D eigenvalue weighted by Gasteiger charge is -2.37. The van der Waals surface area contributed by atoms with Gasteiger partial charge in [-0.3, -0.25) is 9.69 Å². The van der Waals surface area contributed by atoms with E-state index < -0.39 is 0 Å². The van der Waals surface area contributed by atoms with Crippen LogP contribution in [-0.2, 0) is 13.1 Å². The summed E-state index contributed by atoms with van der Waals surface area (Å²) in [6.45, 7) is 7.41. The molecule has 0 aromatic carbocycles. The first kappa shape index (κ1) is 23.0. The van der Waals surface area contributed by atoms with Crippen molar-refractivity contribution in [3.05, 3.63) is 52.2 Å². The van der Waals surface area contributed by atoms with Crippen LogP contribution in [-0.4, -0.2) is 58.7 Å². The fourth-order valence-electron chi connectivity index (χ4n) is 4.98. The van der Waals surface area contributed by atoms with Gasteiger partial charge < -0.3 is 14.8 Å². The van der Waals surface area contributed by atoms with Crippen LogP contribution in [0.15, 0.2) is 35.4 Å². The van der Waals surface area contributed by atoms with E-state index in [-0.39, 0.29) is 30.4 Å². The topological polar surface area (TPSA) is 66.3 Å². The Morgan fingerprint density at radius 1 is 1.03 bits per heavy atom. The number of hydrogen-bond acceptors (Lipinski definition) is 6. The minimum Gasteiger partial charge on any atom is -0.339 e. The smallest absolute Gasteiger partial charge is 0.255 e. The van der Waals surface area contributed by atoms with Gasteiger partial charge in [-0.05, 0) is 37.4 Å². The average molecular weight is 453 g/mol. The number of aromatic nitrogens is 3. The van der Waals surface area contributed by atoms with Crippen LogP contribution >= 0.6 is 24.8 Å². The van der Waals surface area contributed by atoms with Gasteiger partial charge in [0.15, 0.2) is 0 Å². The summed E-state index contributed by atoms with van der Waals surface area (Å²) in [5.41, 5.74) is 2.38. The van der Waals surface area contributed by atoms with Gasteiger partial charge in [0.2, 0.25) is 5.95 Å². The van der Waals surface area contributed by atoms with Crippen LogP contribution in [0.1, 0.15) is 30.0 Å². The largest absolute Gasteiger partial charge is 0.339 e. The first-order valence-corrected chi connectivity index (χ1v) is 10.5. The van der Waals surface area contributed by atoms with Crippen molar-refractivity contribution >= 4 is 30.8 Å². The van der Waals surface area contributed by atoms with Gasteiger partial charge in [-0.15, -0.1) is 24.8 Å². The molecule has 3 aliphatic heterocycles. The van der Waals surface area contributed by atoms with Crippen molar-refractivity contribution in [2.24, 2.45) is 5.92 Å². The van der Waals surface area contributed by atoms with Crippen LogP contribution in [0.5, 0.6) is 0 Å². The van der Waals surface area contributed by atoms with E-state index in [1.165, 1.54) is 12.1 Å². The molecule has 0 saturated carbocycles. The summed E-state index contributed by atoms with van der Waals surface area (Å²) in [6.07, 6.45) is 5.86. The number of halogens is 2. The van der Waals surface area contributed by atoms with Gasteiger partial charge in [-0.2, -0.15) is 0 Å². The molecule has 0 amide bonds. The van der Waals surface area contributed by atoms with Gasteiger partial charge in [0, 0.05) is 75.4 Å². The Balaban J connectivity index is 0.00000128. The molecular formula is C21H30Cl2N6O. The fraction of sp³-hybridized carbons (Fsp3) is 0.571. The summed E-state index contributed by atoms with van der Waals surface area (Å²) in [4.78, 5) is 26.6. The number of anilines is 1. The first-order chi connectivity index (χ1) is 13.8. The van der Waals surface area contributed by atoms with Gasteiger partial charge in [0.25, 0.3) is 5.56 Å². The van der Waals surface area contributed by atoms with Crippen molar-refractivity contribution in [2.75, 3.05) is 44.2 Å². The number of nitrogens with zero attached hydrogens (tertiary/aromatic N) is 5. The molecule has 2 saturated heterocycles. The lowest BCUT2D eigenvalue weighted by atomic mass is 9.84. The molecule has 0 radical (unpaired) electrons. The van der Waals surface area contributed by atoms with Crippen LogP contribution in [0, 0.1) is 5.92 Å². The highest BCUT2D eigenvalue weighted by Gasteiger charge is 2.31. The van der Waals surface area contributed by atoms with E-state index in [0.29, 0.717) is 11.8 Å². The molecule has 0 unspecified atom stereocenters. The van der Waals surface area contributed by atoms with E-state index in [1.54, 1.807) is 12.4 Å². The van der Waals surface area contributed by atoms with Gasteiger partial charge in [0.05, 0.1) is 0 Å². The zero-order valence-electron chi connectivity index (χ0n) is 17.1. The van der Waals surface area contributed by atoms with Crippen molar-refractivity contribution in [3.63, 3.8) is 0 Å². The van der Waals surface area contributed by atoms with E-state index in [4.69, 9.17) is 0 Å². The molecule has 2 aromatic rings. The fourth-order valence-corrected chi connectivity index (χ4v) is 4.98. The summed E-state index contributed by atoms with van der Waals surface area (Å²) in [6, 6.07) is 6.13. The zero-order chi connectivity index (χ0) is 18.9. The molecule has 7 nitrogen and oxygen atoms in total. The predicted octanol–water partition coefficient (Wildman–Crippen LogP) is 1.90. The van der Waals surface area contributed by atoms with E-state index in [9.17, 15) is 4.79 Å². The quantitative estimate of drug-likeness (QED) is 0.766. The Morgan fingerprint density at radius 2 is 1.87 bits per heavy atom. The van der Waals surface area contributed by atoms with E-state index >= 15 is 0 Å². The summed E-state index contributed by atoms with van der Waals surface area (Å²) >= 11 is 0. The summed E-state index contributed by atoms with van der Waals surface area (Å²) < 4.78 is 2.07. The molecule has 5 rings (SSSR count).